The molecule has 4 atom stereocenters. The quantitative estimate of drug-likeness (QED) is 0.194. The van der Waals surface area contributed by atoms with Crippen LogP contribution < -0.4 is 9.47 Å². The number of pyridine rings is 1. The first-order chi connectivity index (χ1) is 23.4. The van der Waals surface area contributed by atoms with Crippen molar-refractivity contribution in [1.29, 1.82) is 0 Å². The third kappa shape index (κ3) is 5.14. The number of carbonyl (C=O) groups is 2. The van der Waals surface area contributed by atoms with E-state index in [4.69, 9.17) is 14.0 Å². The van der Waals surface area contributed by atoms with Crippen LogP contribution in [0.5, 0.6) is 11.6 Å². The number of carbonyl (C=O) groups excluding carboxylic acids is 2. The van der Waals surface area contributed by atoms with E-state index in [-0.39, 0.29) is 53.7 Å². The highest BCUT2D eigenvalue weighted by molar-refractivity contribution is 6.15. The Bertz CT molecular complexity index is 1910. The normalized spacial score (nSPS) is 22.8. The summed E-state index contributed by atoms with van der Waals surface area (Å²) in [7, 11) is 0. The van der Waals surface area contributed by atoms with Gasteiger partial charge in [-0.25, -0.2) is 0 Å². The molecule has 3 aliphatic rings. The zero-order valence-electron chi connectivity index (χ0n) is 26.2. The van der Waals surface area contributed by atoms with Gasteiger partial charge in [-0.05, 0) is 40.6 Å². The van der Waals surface area contributed by atoms with E-state index in [2.05, 4.69) is 23.3 Å². The second-order valence-electron chi connectivity index (χ2n) is 12.4. The minimum Gasteiger partial charge on any atom is -0.508 e. The molecule has 0 saturated heterocycles. The average Bonchev–Trinajstić information content (AvgIpc) is 3.52. The molecule has 10 nitrogen and oxygen atoms in total. The summed E-state index contributed by atoms with van der Waals surface area (Å²) in [6, 6.07) is 18.1. The number of aliphatic hydroxyl groups is 2. The molecule has 0 saturated carbocycles. The fraction of sp³-hybridized carbons (Fsp3) is 0.263. The van der Waals surface area contributed by atoms with Crippen molar-refractivity contribution >= 4 is 11.6 Å². The fourth-order valence-corrected chi connectivity index (χ4v) is 7.37. The lowest BCUT2D eigenvalue weighted by Gasteiger charge is -2.50. The summed E-state index contributed by atoms with van der Waals surface area (Å²) in [5.74, 6) is -3.04. The number of hydrogen-bond acceptors (Lipinski definition) is 10. The lowest BCUT2D eigenvalue weighted by molar-refractivity contribution is -0.0601. The molecule has 0 fully saturated rings. The van der Waals surface area contributed by atoms with Gasteiger partial charge in [0.1, 0.15) is 30.3 Å². The summed E-state index contributed by atoms with van der Waals surface area (Å²) in [4.78, 5) is 35.1. The summed E-state index contributed by atoms with van der Waals surface area (Å²) in [5.41, 5.74) is 0.132. The Morgan fingerprint density at radius 2 is 1.58 bits per heavy atom. The molecule has 0 radical (unpaired) electrons. The smallest absolute Gasteiger partial charge is 0.265 e. The molecule has 48 heavy (non-hydrogen) atoms. The van der Waals surface area contributed by atoms with Gasteiger partial charge in [0.15, 0.2) is 17.1 Å². The van der Waals surface area contributed by atoms with Crippen molar-refractivity contribution in [3.8, 4) is 11.6 Å². The summed E-state index contributed by atoms with van der Waals surface area (Å²) < 4.78 is 17.9. The molecule has 0 spiro atoms. The average molecular weight is 646 g/mol. The second kappa shape index (κ2) is 12.7. The maximum absolute atomic E-state index is 14.5. The van der Waals surface area contributed by atoms with Crippen molar-refractivity contribution in [3.63, 3.8) is 0 Å². The number of aliphatic hydroxyl groups excluding tert-OH is 1. The molecular weight excluding hydrogens is 610 g/mol. The molecule has 10 heteroatoms. The van der Waals surface area contributed by atoms with E-state index in [0.717, 1.165) is 11.1 Å². The monoisotopic (exact) mass is 645 g/mol. The van der Waals surface area contributed by atoms with Crippen molar-refractivity contribution in [2.24, 2.45) is 11.8 Å². The van der Waals surface area contributed by atoms with E-state index in [1.54, 1.807) is 18.3 Å². The first kappa shape index (κ1) is 31.3. The number of ether oxygens (including phenoxy) is 2. The van der Waals surface area contributed by atoms with Crippen molar-refractivity contribution < 1.29 is 33.8 Å². The van der Waals surface area contributed by atoms with E-state index in [1.807, 2.05) is 65.6 Å². The van der Waals surface area contributed by atoms with Gasteiger partial charge in [-0.1, -0.05) is 72.8 Å². The van der Waals surface area contributed by atoms with Gasteiger partial charge in [0.2, 0.25) is 5.78 Å². The lowest BCUT2D eigenvalue weighted by atomic mass is 9.58. The molecule has 2 aromatic heterocycles. The number of aromatic nitrogens is 2. The van der Waals surface area contributed by atoms with Crippen LogP contribution in [0.15, 0.2) is 114 Å². The van der Waals surface area contributed by atoms with Crippen LogP contribution in [0.25, 0.3) is 0 Å². The van der Waals surface area contributed by atoms with Gasteiger partial charge >= 0.3 is 0 Å². The summed E-state index contributed by atoms with van der Waals surface area (Å²) in [6.07, 6.45) is 7.05. The second-order valence-corrected chi connectivity index (χ2v) is 12.4. The molecule has 0 amide bonds. The van der Waals surface area contributed by atoms with Gasteiger partial charge < -0.3 is 24.2 Å². The number of benzene rings is 2. The Labute approximate surface area is 277 Å². The number of hydrogen-bond donors (Lipinski definition) is 2. The van der Waals surface area contributed by atoms with Crippen LogP contribution >= 0.6 is 0 Å². The van der Waals surface area contributed by atoms with Gasteiger partial charge in [-0.15, -0.1) is 13.2 Å². The Morgan fingerprint density at radius 3 is 2.23 bits per heavy atom. The number of nitrogens with zero attached hydrogens (tertiary/aromatic N) is 3. The van der Waals surface area contributed by atoms with Crippen LogP contribution in [-0.2, 0) is 19.6 Å². The van der Waals surface area contributed by atoms with Crippen LogP contribution in [-0.4, -0.2) is 55.5 Å². The zero-order valence-corrected chi connectivity index (χ0v) is 26.2. The number of fused-ring (bicyclic) bond motifs is 4. The highest BCUT2D eigenvalue weighted by atomic mass is 16.5. The molecule has 4 aromatic rings. The van der Waals surface area contributed by atoms with Gasteiger partial charge in [0.25, 0.3) is 5.88 Å². The van der Waals surface area contributed by atoms with Crippen LogP contribution in [0.3, 0.4) is 0 Å². The van der Waals surface area contributed by atoms with Gasteiger partial charge in [-0.2, -0.15) is 0 Å². The SMILES string of the molecule is C=CCN(CC=C)[C@@H]1c2onc(OCc3ccccc3)c2C(=O)[C@@]2(O)C(O)=C3C(=O)c4c(cncc4OCc4ccccc4)C[C@H]3C[C@@H]12. The maximum Gasteiger partial charge on any atom is 0.265 e. The molecule has 244 valence electrons. The first-order valence-corrected chi connectivity index (χ1v) is 15.9. The molecule has 0 unspecified atom stereocenters. The van der Waals surface area contributed by atoms with E-state index in [9.17, 15) is 19.8 Å². The fourth-order valence-electron chi connectivity index (χ4n) is 7.37. The molecule has 3 aliphatic carbocycles. The highest BCUT2D eigenvalue weighted by Crippen LogP contribution is 2.56. The summed E-state index contributed by atoms with van der Waals surface area (Å²) in [6.45, 7) is 8.80. The third-order valence-corrected chi connectivity index (χ3v) is 9.51. The van der Waals surface area contributed by atoms with Crippen molar-refractivity contribution in [1.82, 2.24) is 15.0 Å². The maximum atomic E-state index is 14.5. The predicted molar refractivity (Wildman–Crippen MR) is 176 cm³/mol. The van der Waals surface area contributed by atoms with Crippen molar-refractivity contribution in [2.45, 2.75) is 37.7 Å². The molecule has 2 aromatic carbocycles. The first-order valence-electron chi connectivity index (χ1n) is 15.9. The van der Waals surface area contributed by atoms with Crippen LogP contribution in [0, 0.1) is 11.8 Å². The van der Waals surface area contributed by atoms with Crippen LogP contribution in [0.4, 0.5) is 0 Å². The molecular formula is C38H35N3O7. The Hall–Kier alpha value is -5.32. The number of rotatable bonds is 11. The van der Waals surface area contributed by atoms with E-state index in [0.29, 0.717) is 25.1 Å². The molecule has 0 aliphatic heterocycles. The molecule has 2 heterocycles. The topological polar surface area (TPSA) is 135 Å². The van der Waals surface area contributed by atoms with E-state index in [1.165, 1.54) is 6.20 Å². The summed E-state index contributed by atoms with van der Waals surface area (Å²) >= 11 is 0. The lowest BCUT2D eigenvalue weighted by Crippen LogP contribution is -2.60. The van der Waals surface area contributed by atoms with E-state index >= 15 is 0 Å². The van der Waals surface area contributed by atoms with E-state index < -0.39 is 40.8 Å². The number of allylic oxidation sites excluding steroid dienone is 1. The van der Waals surface area contributed by atoms with Crippen LogP contribution in [0.2, 0.25) is 0 Å². The minimum absolute atomic E-state index is 0.00485. The highest BCUT2D eigenvalue weighted by Gasteiger charge is 2.64. The minimum atomic E-state index is -2.47. The predicted octanol–water partition coefficient (Wildman–Crippen LogP) is 5.76. The third-order valence-electron chi connectivity index (χ3n) is 9.51. The largest absolute Gasteiger partial charge is 0.508 e. The molecule has 0 bridgehead atoms. The summed E-state index contributed by atoms with van der Waals surface area (Å²) in [5, 5.41) is 28.7. The standard InChI is InChI=1S/C38H35N3O7/c1-3-15-41(16-4-2)32-27-18-25-17-26-19-39-20-28(46-21-23-11-7-5-8-12-23)29(26)33(42)30(25)35(43)38(27,45)36(44)31-34(32)48-40-37(31)47-22-24-13-9-6-10-14-24/h3-14,19-20,25,27,32,43,45H,1-2,15-18,21-22H2/t25-,27-,32-,38-/m0/s1. The number of ketones is 2. The Morgan fingerprint density at radius 1 is 0.938 bits per heavy atom. The van der Waals surface area contributed by atoms with Crippen molar-refractivity contribution in [3.05, 3.63) is 143 Å². The Balaban J connectivity index is 1.31. The number of Topliss-reactive ketones (excluding diaryl/α,β-unsaturated/α-hetero) is 2. The molecule has 7 rings (SSSR count). The Kier molecular flexibility index (Phi) is 8.28. The van der Waals surface area contributed by atoms with Gasteiger partial charge in [0, 0.05) is 30.8 Å². The zero-order chi connectivity index (χ0) is 33.4. The molecule has 2 N–H and O–H groups in total. The van der Waals surface area contributed by atoms with Gasteiger partial charge in [-0.3, -0.25) is 19.5 Å². The van der Waals surface area contributed by atoms with Crippen molar-refractivity contribution in [2.75, 3.05) is 13.1 Å². The van der Waals surface area contributed by atoms with Crippen LogP contribution in [0.1, 0.15) is 55.6 Å². The van der Waals surface area contributed by atoms with Gasteiger partial charge in [0.05, 0.1) is 17.8 Å².